The van der Waals surface area contributed by atoms with Gasteiger partial charge in [-0.15, -0.1) is 0 Å². The molecule has 3 heterocycles. The fraction of sp³-hybridized carbons (Fsp3) is 0.542. The van der Waals surface area contributed by atoms with E-state index in [2.05, 4.69) is 5.10 Å². The molecule has 4 rings (SSSR count). The van der Waals surface area contributed by atoms with Gasteiger partial charge in [-0.05, 0) is 44.2 Å². The first-order valence-corrected chi connectivity index (χ1v) is 11.8. The first kappa shape index (κ1) is 23.6. The Morgan fingerprint density at radius 2 is 1.82 bits per heavy atom. The summed E-state index contributed by atoms with van der Waals surface area (Å²) in [5, 5.41) is 5.06. The van der Waals surface area contributed by atoms with Crippen LogP contribution in [0.25, 0.3) is 0 Å². The van der Waals surface area contributed by atoms with E-state index in [1.165, 1.54) is 0 Å². The first-order valence-electron chi connectivity index (χ1n) is 11.5. The lowest BCUT2D eigenvalue weighted by Gasteiger charge is -2.39. The number of likely N-dealkylation sites (tertiary alicyclic amines) is 1. The van der Waals surface area contributed by atoms with Crippen molar-refractivity contribution in [2.24, 2.45) is 5.92 Å². The zero-order valence-electron chi connectivity index (χ0n) is 19.2. The van der Waals surface area contributed by atoms with E-state index in [0.29, 0.717) is 57.3 Å². The largest absolute Gasteiger partial charge is 0.490 e. The fourth-order valence-electron chi connectivity index (χ4n) is 4.51. The van der Waals surface area contributed by atoms with E-state index >= 15 is 0 Å². The third kappa shape index (κ3) is 6.06. The second-order valence-electron chi connectivity index (χ2n) is 8.78. The van der Waals surface area contributed by atoms with E-state index in [1.807, 2.05) is 41.8 Å². The summed E-state index contributed by atoms with van der Waals surface area (Å²) in [4.78, 5) is 29.8. The standard InChI is InChI=1S/C24H31ClN4O4/c1-17-13-18(2)29(26-17)16-24(31)28-8-7-22(33-21-5-3-20(25)4-6-21)19(15-28)14-23(30)27-9-11-32-12-10-27/h3-6,13,19,22H,7-12,14-16H2,1-2H3/t19-,22-/m0/s1. The second-order valence-corrected chi connectivity index (χ2v) is 9.22. The number of benzene rings is 1. The fourth-order valence-corrected chi connectivity index (χ4v) is 4.63. The van der Waals surface area contributed by atoms with Crippen LogP contribution in [0.3, 0.4) is 0 Å². The molecule has 2 aliphatic rings. The molecule has 0 bridgehead atoms. The van der Waals surface area contributed by atoms with Gasteiger partial charge in [0, 0.05) is 55.7 Å². The maximum atomic E-state index is 13.1. The molecule has 2 saturated heterocycles. The summed E-state index contributed by atoms with van der Waals surface area (Å²) in [7, 11) is 0. The molecule has 0 aliphatic carbocycles. The summed E-state index contributed by atoms with van der Waals surface area (Å²) < 4.78 is 13.4. The zero-order valence-corrected chi connectivity index (χ0v) is 20.0. The molecule has 2 aromatic rings. The lowest BCUT2D eigenvalue weighted by atomic mass is 9.90. The molecule has 178 valence electrons. The minimum atomic E-state index is -0.158. The maximum absolute atomic E-state index is 13.1. The molecule has 0 unspecified atom stereocenters. The monoisotopic (exact) mass is 474 g/mol. The highest BCUT2D eigenvalue weighted by Gasteiger charge is 2.35. The molecule has 1 aromatic heterocycles. The molecular formula is C24H31ClN4O4. The van der Waals surface area contributed by atoms with Crippen molar-refractivity contribution in [1.82, 2.24) is 19.6 Å². The number of rotatable bonds is 6. The van der Waals surface area contributed by atoms with Crippen molar-refractivity contribution in [2.75, 3.05) is 39.4 Å². The smallest absolute Gasteiger partial charge is 0.244 e. The van der Waals surface area contributed by atoms with Gasteiger partial charge in [-0.3, -0.25) is 14.3 Å². The van der Waals surface area contributed by atoms with Gasteiger partial charge in [0.1, 0.15) is 18.4 Å². The Balaban J connectivity index is 1.45. The van der Waals surface area contributed by atoms with Crippen molar-refractivity contribution >= 4 is 23.4 Å². The summed E-state index contributed by atoms with van der Waals surface area (Å²) >= 11 is 6.00. The van der Waals surface area contributed by atoms with Gasteiger partial charge in [-0.25, -0.2) is 0 Å². The van der Waals surface area contributed by atoms with Crippen LogP contribution in [0, 0.1) is 19.8 Å². The molecule has 2 fully saturated rings. The van der Waals surface area contributed by atoms with Crippen LogP contribution < -0.4 is 4.74 Å². The van der Waals surface area contributed by atoms with Crippen molar-refractivity contribution in [1.29, 1.82) is 0 Å². The summed E-state index contributed by atoms with van der Waals surface area (Å²) in [6.45, 7) is 7.47. The van der Waals surface area contributed by atoms with Gasteiger partial charge >= 0.3 is 0 Å². The third-order valence-electron chi connectivity index (χ3n) is 6.31. The number of carbonyl (C=O) groups excluding carboxylic acids is 2. The molecule has 8 nitrogen and oxygen atoms in total. The summed E-state index contributed by atoms with van der Waals surface area (Å²) in [5.74, 6) is 0.709. The van der Waals surface area contributed by atoms with Crippen molar-refractivity contribution in [3.8, 4) is 5.75 Å². The van der Waals surface area contributed by atoms with Crippen LogP contribution in [-0.4, -0.2) is 76.9 Å². The normalized spacial score (nSPS) is 21.2. The number of amides is 2. The molecule has 0 spiro atoms. The van der Waals surface area contributed by atoms with Crippen molar-refractivity contribution in [3.05, 3.63) is 46.7 Å². The average molecular weight is 475 g/mol. The third-order valence-corrected chi connectivity index (χ3v) is 6.56. The number of aromatic nitrogens is 2. The number of hydrogen-bond donors (Lipinski definition) is 0. The van der Waals surface area contributed by atoms with Gasteiger partial charge in [0.05, 0.1) is 18.9 Å². The van der Waals surface area contributed by atoms with Crippen molar-refractivity contribution in [2.45, 2.75) is 39.3 Å². The van der Waals surface area contributed by atoms with E-state index in [1.54, 1.807) is 16.8 Å². The molecule has 0 radical (unpaired) electrons. The molecule has 1 aromatic carbocycles. The first-order chi connectivity index (χ1) is 15.9. The van der Waals surface area contributed by atoms with Gasteiger partial charge in [0.25, 0.3) is 0 Å². The lowest BCUT2D eigenvalue weighted by molar-refractivity contribution is -0.141. The Labute approximate surface area is 199 Å². The number of piperidine rings is 1. The van der Waals surface area contributed by atoms with E-state index < -0.39 is 0 Å². The number of halogens is 1. The number of nitrogens with zero attached hydrogens (tertiary/aromatic N) is 4. The van der Waals surface area contributed by atoms with Crippen LogP contribution in [0.4, 0.5) is 0 Å². The summed E-state index contributed by atoms with van der Waals surface area (Å²) in [6, 6.07) is 9.21. The summed E-state index contributed by atoms with van der Waals surface area (Å²) in [6.07, 6.45) is 0.836. The van der Waals surface area contributed by atoms with Gasteiger partial charge in [0.15, 0.2) is 0 Å². The minimum Gasteiger partial charge on any atom is -0.490 e. The average Bonchev–Trinajstić information content (AvgIpc) is 3.13. The Hall–Kier alpha value is -2.58. The quantitative estimate of drug-likeness (QED) is 0.643. The van der Waals surface area contributed by atoms with Crippen LogP contribution in [0.1, 0.15) is 24.2 Å². The van der Waals surface area contributed by atoms with E-state index in [9.17, 15) is 9.59 Å². The highest BCUT2D eigenvalue weighted by Crippen LogP contribution is 2.27. The second kappa shape index (κ2) is 10.6. The van der Waals surface area contributed by atoms with Gasteiger partial charge in [0.2, 0.25) is 11.8 Å². The highest BCUT2D eigenvalue weighted by molar-refractivity contribution is 6.30. The SMILES string of the molecule is Cc1cc(C)n(CC(=O)N2CC[C@H](Oc3ccc(Cl)cc3)[C@@H](CC(=O)N3CCOCC3)C2)n1. The van der Waals surface area contributed by atoms with E-state index in [4.69, 9.17) is 21.1 Å². The molecule has 2 amide bonds. The van der Waals surface area contributed by atoms with Gasteiger partial charge in [-0.2, -0.15) is 5.10 Å². The Morgan fingerprint density at radius 1 is 1.09 bits per heavy atom. The number of hydrogen-bond acceptors (Lipinski definition) is 5. The topological polar surface area (TPSA) is 76.9 Å². The van der Waals surface area contributed by atoms with Crippen molar-refractivity contribution < 1.29 is 19.1 Å². The lowest BCUT2D eigenvalue weighted by Crippen LogP contribution is -2.51. The van der Waals surface area contributed by atoms with Crippen LogP contribution in [-0.2, 0) is 20.9 Å². The van der Waals surface area contributed by atoms with Crippen LogP contribution >= 0.6 is 11.6 Å². The molecule has 9 heteroatoms. The molecule has 33 heavy (non-hydrogen) atoms. The Morgan fingerprint density at radius 3 is 2.48 bits per heavy atom. The predicted octanol–water partition coefficient (Wildman–Crippen LogP) is 2.70. The minimum absolute atomic E-state index is 0.00923. The highest BCUT2D eigenvalue weighted by atomic mass is 35.5. The Kier molecular flexibility index (Phi) is 7.55. The van der Waals surface area contributed by atoms with E-state index in [0.717, 1.165) is 17.1 Å². The summed E-state index contributed by atoms with van der Waals surface area (Å²) in [5.41, 5.74) is 1.85. The zero-order chi connectivity index (χ0) is 23.4. The van der Waals surface area contributed by atoms with Gasteiger partial charge < -0.3 is 19.3 Å². The van der Waals surface area contributed by atoms with Crippen molar-refractivity contribution in [3.63, 3.8) is 0 Å². The number of carbonyl (C=O) groups is 2. The molecule has 2 aliphatic heterocycles. The maximum Gasteiger partial charge on any atom is 0.244 e. The molecule has 0 saturated carbocycles. The number of aryl methyl sites for hydroxylation is 2. The van der Waals surface area contributed by atoms with Crippen LogP contribution in [0.15, 0.2) is 30.3 Å². The number of ether oxygens (including phenoxy) is 2. The number of morpholine rings is 1. The van der Waals surface area contributed by atoms with Gasteiger partial charge in [-0.1, -0.05) is 11.6 Å². The predicted molar refractivity (Wildman–Crippen MR) is 124 cm³/mol. The van der Waals surface area contributed by atoms with Crippen LogP contribution in [0.2, 0.25) is 5.02 Å². The van der Waals surface area contributed by atoms with E-state index in [-0.39, 0.29) is 30.4 Å². The Bertz CT molecular complexity index is 971. The molecule has 2 atom stereocenters. The molecule has 0 N–H and O–H groups in total. The van der Waals surface area contributed by atoms with Crippen LogP contribution in [0.5, 0.6) is 5.75 Å². The molecular weight excluding hydrogens is 444 g/mol.